The van der Waals surface area contributed by atoms with Crippen molar-refractivity contribution in [3.05, 3.63) is 46.1 Å². The molecule has 1 amide bonds. The third-order valence-electron chi connectivity index (χ3n) is 5.48. The van der Waals surface area contributed by atoms with Gasteiger partial charge in [0, 0.05) is 48.2 Å². The minimum Gasteiger partial charge on any atom is -0.339 e. The summed E-state index contributed by atoms with van der Waals surface area (Å²) < 4.78 is 0. The lowest BCUT2D eigenvalue weighted by atomic mass is 10.1. The van der Waals surface area contributed by atoms with Crippen molar-refractivity contribution in [3.8, 4) is 11.4 Å². The van der Waals surface area contributed by atoms with Crippen molar-refractivity contribution in [1.82, 2.24) is 19.9 Å². The van der Waals surface area contributed by atoms with Crippen LogP contribution in [-0.4, -0.2) is 38.3 Å². The van der Waals surface area contributed by atoms with Crippen LogP contribution in [0.1, 0.15) is 36.9 Å². The fourth-order valence-corrected chi connectivity index (χ4v) is 4.15. The smallest absolute Gasteiger partial charge is 0.254 e. The lowest BCUT2D eigenvalue weighted by molar-refractivity contribution is -0.132. The first kappa shape index (κ1) is 16.0. The quantitative estimate of drug-likeness (QED) is 0.926. The van der Waals surface area contributed by atoms with Crippen LogP contribution in [0.15, 0.2) is 29.3 Å². The average molecular weight is 338 g/mol. The first-order valence-corrected chi connectivity index (χ1v) is 8.91. The van der Waals surface area contributed by atoms with Crippen LogP contribution in [0.25, 0.3) is 11.4 Å². The molecule has 2 aliphatic rings. The molecule has 2 aromatic rings. The Morgan fingerprint density at radius 3 is 2.92 bits per heavy atom. The summed E-state index contributed by atoms with van der Waals surface area (Å²) in [7, 11) is 0. The highest BCUT2D eigenvalue weighted by molar-refractivity contribution is 5.77. The topological polar surface area (TPSA) is 79.0 Å². The molecule has 1 saturated heterocycles. The summed E-state index contributed by atoms with van der Waals surface area (Å²) in [5, 5.41) is 0. The Hall–Kier alpha value is -2.50. The molecule has 1 aliphatic heterocycles. The largest absolute Gasteiger partial charge is 0.339 e. The Kier molecular flexibility index (Phi) is 4.11. The molecule has 2 atom stereocenters. The average Bonchev–Trinajstić information content (AvgIpc) is 3.25. The number of carbonyl (C=O) groups excluding carboxylic acids is 1. The molecule has 1 N–H and O–H groups in total. The highest BCUT2D eigenvalue weighted by atomic mass is 16.2. The number of aromatic amines is 1. The van der Waals surface area contributed by atoms with E-state index in [0.29, 0.717) is 41.9 Å². The summed E-state index contributed by atoms with van der Waals surface area (Å²) in [5.41, 5.74) is 1.89. The highest BCUT2D eigenvalue weighted by Crippen LogP contribution is 2.37. The van der Waals surface area contributed by atoms with Crippen molar-refractivity contribution < 1.29 is 4.79 Å². The molecule has 1 aliphatic carbocycles. The molecule has 0 unspecified atom stereocenters. The number of nitrogens with one attached hydrogen (secondary N) is 1. The highest BCUT2D eigenvalue weighted by Gasteiger charge is 2.39. The zero-order valence-corrected chi connectivity index (χ0v) is 14.4. The van der Waals surface area contributed by atoms with Crippen LogP contribution < -0.4 is 5.56 Å². The van der Waals surface area contributed by atoms with Crippen molar-refractivity contribution >= 4 is 5.91 Å². The Balaban J connectivity index is 1.48. The molecule has 0 spiro atoms. The number of carbonyl (C=O) groups is 1. The number of aromatic nitrogens is 3. The van der Waals surface area contributed by atoms with Gasteiger partial charge in [-0.15, -0.1) is 0 Å². The van der Waals surface area contributed by atoms with Gasteiger partial charge in [-0.1, -0.05) is 0 Å². The third-order valence-corrected chi connectivity index (χ3v) is 5.48. The van der Waals surface area contributed by atoms with Crippen molar-refractivity contribution in [3.63, 3.8) is 0 Å². The Labute approximate surface area is 146 Å². The van der Waals surface area contributed by atoms with Gasteiger partial charge in [0.05, 0.1) is 0 Å². The number of hydrogen-bond donors (Lipinski definition) is 1. The number of pyridine rings is 1. The van der Waals surface area contributed by atoms with E-state index in [-0.39, 0.29) is 11.5 Å². The van der Waals surface area contributed by atoms with Gasteiger partial charge in [-0.25, -0.2) is 4.98 Å². The maximum atomic E-state index is 12.5. The van der Waals surface area contributed by atoms with Crippen LogP contribution in [0.5, 0.6) is 0 Å². The first-order valence-electron chi connectivity index (χ1n) is 8.91. The molecule has 130 valence electrons. The molecule has 3 heterocycles. The Bertz CT molecular complexity index is 846. The maximum Gasteiger partial charge on any atom is 0.254 e. The molecule has 2 fully saturated rings. The monoisotopic (exact) mass is 338 g/mol. The Morgan fingerprint density at radius 1 is 1.40 bits per heavy atom. The summed E-state index contributed by atoms with van der Waals surface area (Å²) in [4.78, 5) is 38.4. The van der Waals surface area contributed by atoms with E-state index >= 15 is 0 Å². The molecule has 25 heavy (non-hydrogen) atoms. The van der Waals surface area contributed by atoms with Crippen LogP contribution in [0, 0.1) is 12.8 Å². The van der Waals surface area contributed by atoms with Gasteiger partial charge >= 0.3 is 0 Å². The number of aryl methyl sites for hydroxylation is 1. The number of piperidine rings is 1. The van der Waals surface area contributed by atoms with E-state index in [4.69, 9.17) is 0 Å². The molecule has 2 aromatic heterocycles. The minimum absolute atomic E-state index is 0.165. The minimum atomic E-state index is -0.165. The summed E-state index contributed by atoms with van der Waals surface area (Å²) in [6, 6.07) is 4.10. The summed E-state index contributed by atoms with van der Waals surface area (Å²) >= 11 is 0. The number of likely N-dealkylation sites (tertiary alicyclic amines) is 1. The van der Waals surface area contributed by atoms with Crippen molar-refractivity contribution in [2.75, 3.05) is 6.54 Å². The van der Waals surface area contributed by atoms with Gasteiger partial charge in [-0.3, -0.25) is 14.6 Å². The van der Waals surface area contributed by atoms with E-state index in [1.807, 2.05) is 17.9 Å². The predicted octanol–water partition coefficient (Wildman–Crippen LogP) is 2.08. The van der Waals surface area contributed by atoms with Crippen LogP contribution in [0.2, 0.25) is 0 Å². The van der Waals surface area contributed by atoms with Gasteiger partial charge in [0.1, 0.15) is 5.82 Å². The normalized spacial score (nSPS) is 21.7. The molecular weight excluding hydrogens is 316 g/mol. The summed E-state index contributed by atoms with van der Waals surface area (Å²) in [6.45, 7) is 2.73. The molecule has 6 heteroatoms. The summed E-state index contributed by atoms with van der Waals surface area (Å²) in [5.74, 6) is 1.38. The molecule has 6 nitrogen and oxygen atoms in total. The van der Waals surface area contributed by atoms with E-state index in [1.165, 1.54) is 6.42 Å². The van der Waals surface area contributed by atoms with Crippen LogP contribution in [-0.2, 0) is 11.2 Å². The van der Waals surface area contributed by atoms with Gasteiger partial charge in [-0.05, 0) is 50.7 Å². The number of nitrogens with zero attached hydrogens (tertiary/aromatic N) is 3. The SMILES string of the molecule is Cc1nc(-c2cccnc2)[nH]c(=O)c1CCC(=O)N1C[C@H]2CC[C@H]1C2. The fraction of sp³-hybridized carbons (Fsp3) is 0.474. The van der Waals surface area contributed by atoms with E-state index < -0.39 is 0 Å². The maximum absolute atomic E-state index is 12.5. The predicted molar refractivity (Wildman–Crippen MR) is 94.0 cm³/mol. The van der Waals surface area contributed by atoms with Gasteiger partial charge in [-0.2, -0.15) is 0 Å². The number of hydrogen-bond acceptors (Lipinski definition) is 4. The molecule has 4 rings (SSSR count). The van der Waals surface area contributed by atoms with Crippen LogP contribution in [0.3, 0.4) is 0 Å². The zero-order valence-electron chi connectivity index (χ0n) is 14.4. The van der Waals surface area contributed by atoms with Gasteiger partial charge < -0.3 is 9.88 Å². The van der Waals surface area contributed by atoms with Gasteiger partial charge in [0.2, 0.25) is 5.91 Å². The number of rotatable bonds is 4. The van der Waals surface area contributed by atoms with E-state index in [2.05, 4.69) is 15.0 Å². The molecule has 0 aromatic carbocycles. The van der Waals surface area contributed by atoms with Crippen molar-refractivity contribution in [2.24, 2.45) is 5.92 Å². The second kappa shape index (κ2) is 6.43. The molecule has 0 radical (unpaired) electrons. The summed E-state index contributed by atoms with van der Waals surface area (Å²) in [6.07, 6.45) is 7.72. The number of fused-ring (bicyclic) bond motifs is 2. The lowest BCUT2D eigenvalue weighted by Crippen LogP contribution is -2.38. The van der Waals surface area contributed by atoms with E-state index in [9.17, 15) is 9.59 Å². The zero-order chi connectivity index (χ0) is 17.4. The second-order valence-electron chi connectivity index (χ2n) is 7.10. The molecule has 2 bridgehead atoms. The number of amides is 1. The molecular formula is C19H22N4O2. The van der Waals surface area contributed by atoms with Gasteiger partial charge in [0.25, 0.3) is 5.56 Å². The van der Waals surface area contributed by atoms with E-state index in [0.717, 1.165) is 24.9 Å². The van der Waals surface area contributed by atoms with Crippen molar-refractivity contribution in [2.45, 2.75) is 45.1 Å². The standard InChI is InChI=1S/C19H22N4O2/c1-12-16(6-7-17(24)23-11-13-4-5-15(23)9-13)19(25)22-18(21-12)14-3-2-8-20-10-14/h2-3,8,10,13,15H,4-7,9,11H2,1H3,(H,21,22,25)/t13-,15-/m0/s1. The van der Waals surface area contributed by atoms with Gasteiger partial charge in [0.15, 0.2) is 0 Å². The van der Waals surface area contributed by atoms with Crippen LogP contribution in [0.4, 0.5) is 0 Å². The molecule has 1 saturated carbocycles. The Morgan fingerprint density at radius 2 is 2.28 bits per heavy atom. The first-order chi connectivity index (χ1) is 12.1. The fourth-order valence-electron chi connectivity index (χ4n) is 4.15. The van der Waals surface area contributed by atoms with E-state index in [1.54, 1.807) is 18.5 Å². The van der Waals surface area contributed by atoms with Crippen LogP contribution >= 0.6 is 0 Å². The number of H-pyrrole nitrogens is 1. The second-order valence-corrected chi connectivity index (χ2v) is 7.10. The third kappa shape index (κ3) is 3.08. The lowest BCUT2D eigenvalue weighted by Gasteiger charge is -2.27. The van der Waals surface area contributed by atoms with Crippen molar-refractivity contribution in [1.29, 1.82) is 0 Å².